The molecule has 0 bridgehead atoms. The Hall–Kier alpha value is -1.66. The lowest BCUT2D eigenvalue weighted by molar-refractivity contribution is -0.123. The van der Waals surface area contributed by atoms with Crippen molar-refractivity contribution in [1.82, 2.24) is 5.32 Å². The van der Waals surface area contributed by atoms with E-state index in [1.807, 2.05) is 26.0 Å². The summed E-state index contributed by atoms with van der Waals surface area (Å²) < 4.78 is 0. The number of carbonyl (C=O) groups is 1. The maximum absolute atomic E-state index is 12.3. The van der Waals surface area contributed by atoms with Gasteiger partial charge in [-0.1, -0.05) is 52.0 Å². The molecule has 0 amide bonds. The van der Waals surface area contributed by atoms with Crippen LogP contribution in [-0.2, 0) is 4.79 Å². The average molecular weight is 258 g/mol. The van der Waals surface area contributed by atoms with Crippen molar-refractivity contribution in [3.63, 3.8) is 0 Å². The Morgan fingerprint density at radius 1 is 1.21 bits per heavy atom. The van der Waals surface area contributed by atoms with Crippen LogP contribution in [0, 0.1) is 12.5 Å². The van der Waals surface area contributed by atoms with E-state index in [0.717, 1.165) is 5.56 Å². The van der Waals surface area contributed by atoms with Gasteiger partial charge in [-0.2, -0.15) is 0 Å². The van der Waals surface area contributed by atoms with Gasteiger partial charge >= 0.3 is 0 Å². The van der Waals surface area contributed by atoms with E-state index in [0.29, 0.717) is 18.3 Å². The van der Waals surface area contributed by atoms with Crippen molar-refractivity contribution in [3.05, 3.63) is 41.2 Å². The van der Waals surface area contributed by atoms with Crippen molar-refractivity contribution in [1.29, 1.82) is 0 Å². The molecule has 1 aromatic rings. The van der Waals surface area contributed by atoms with Crippen LogP contribution in [-0.4, -0.2) is 18.4 Å². The minimum Gasteiger partial charge on any atom is -0.313 e. The Labute approximate surface area is 115 Å². The quantitative estimate of drug-likeness (QED) is 0.792. The van der Waals surface area contributed by atoms with Gasteiger partial charge in [-0.05, 0) is 5.56 Å². The molecule has 0 aliphatic rings. The predicted molar refractivity (Wildman–Crippen MR) is 78.4 cm³/mol. The molecule has 0 aliphatic heterocycles. The molecule has 0 saturated carbocycles. The second-order valence-corrected chi connectivity index (χ2v) is 5.38. The van der Waals surface area contributed by atoms with Crippen LogP contribution in [0.3, 0.4) is 0 Å². The molecule has 1 rings (SSSR count). The second kappa shape index (κ2) is 7.06. The van der Waals surface area contributed by atoms with Crippen LogP contribution in [0.4, 0.5) is 5.69 Å². The third-order valence-electron chi connectivity index (χ3n) is 3.07. The van der Waals surface area contributed by atoms with Crippen molar-refractivity contribution >= 4 is 11.5 Å². The lowest BCUT2D eigenvalue weighted by Gasteiger charge is -2.20. The Balaban J connectivity index is 2.94. The fourth-order valence-electron chi connectivity index (χ4n) is 1.92. The minimum absolute atomic E-state index is 0.0134. The molecule has 3 nitrogen and oxygen atoms in total. The molecule has 1 N–H and O–H groups in total. The first-order valence-corrected chi connectivity index (χ1v) is 6.70. The third-order valence-corrected chi connectivity index (χ3v) is 3.07. The van der Waals surface area contributed by atoms with Gasteiger partial charge in [-0.15, -0.1) is 0 Å². The molecule has 19 heavy (non-hydrogen) atoms. The number of nitrogens with one attached hydrogen (secondary N) is 1. The van der Waals surface area contributed by atoms with Gasteiger partial charge in [0.15, 0.2) is 5.69 Å². The van der Waals surface area contributed by atoms with Gasteiger partial charge in [0.25, 0.3) is 0 Å². The van der Waals surface area contributed by atoms with E-state index < -0.39 is 0 Å². The van der Waals surface area contributed by atoms with Crippen molar-refractivity contribution in [2.75, 3.05) is 6.54 Å². The molecule has 0 spiro atoms. The van der Waals surface area contributed by atoms with E-state index in [2.05, 4.69) is 24.0 Å². The number of nitrogens with zero attached hydrogens (tertiary/aromatic N) is 1. The standard InChI is InChI=1S/C16H22N2O/c1-11(2)16(19)15(10-18-12(3)4)13-6-8-14(17-5)9-7-13/h6-9,11-12,15,18H,10H2,1-4H3. The van der Waals surface area contributed by atoms with Gasteiger partial charge in [0.2, 0.25) is 0 Å². The second-order valence-electron chi connectivity index (χ2n) is 5.38. The number of hydrogen-bond donors (Lipinski definition) is 1. The SMILES string of the molecule is [C-]#[N+]c1ccc(C(CNC(C)C)C(=O)C(C)C)cc1. The lowest BCUT2D eigenvalue weighted by Crippen LogP contribution is -2.33. The summed E-state index contributed by atoms with van der Waals surface area (Å²) in [7, 11) is 0. The first kappa shape index (κ1) is 15.4. The topological polar surface area (TPSA) is 33.5 Å². The van der Waals surface area contributed by atoms with Crippen LogP contribution in [0.25, 0.3) is 4.85 Å². The van der Waals surface area contributed by atoms with Gasteiger partial charge < -0.3 is 5.32 Å². The first-order valence-electron chi connectivity index (χ1n) is 6.70. The normalized spacial score (nSPS) is 12.5. The molecule has 0 radical (unpaired) electrons. The zero-order chi connectivity index (χ0) is 14.4. The lowest BCUT2D eigenvalue weighted by atomic mass is 9.88. The van der Waals surface area contributed by atoms with Crippen LogP contribution >= 0.6 is 0 Å². The molecule has 1 aromatic carbocycles. The smallest absolute Gasteiger partial charge is 0.187 e. The highest BCUT2D eigenvalue weighted by atomic mass is 16.1. The Kier molecular flexibility index (Phi) is 5.72. The van der Waals surface area contributed by atoms with E-state index >= 15 is 0 Å². The summed E-state index contributed by atoms with van der Waals surface area (Å²) in [6, 6.07) is 7.68. The highest BCUT2D eigenvalue weighted by Gasteiger charge is 2.22. The van der Waals surface area contributed by atoms with Gasteiger partial charge in [0.05, 0.1) is 12.5 Å². The molecule has 3 heteroatoms. The molecule has 1 unspecified atom stereocenters. The Morgan fingerprint density at radius 2 is 1.79 bits per heavy atom. The number of hydrogen-bond acceptors (Lipinski definition) is 2. The number of carbonyl (C=O) groups excluding carboxylic acids is 1. The number of rotatable bonds is 6. The van der Waals surface area contributed by atoms with Crippen molar-refractivity contribution in [2.24, 2.45) is 5.92 Å². The van der Waals surface area contributed by atoms with E-state index in [1.165, 1.54) is 0 Å². The van der Waals surface area contributed by atoms with Crippen molar-refractivity contribution in [3.8, 4) is 0 Å². The molecule has 102 valence electrons. The Bertz CT molecular complexity index is 455. The predicted octanol–water partition coefficient (Wildman–Crippen LogP) is 3.54. The van der Waals surface area contributed by atoms with E-state index in [4.69, 9.17) is 6.57 Å². The average Bonchev–Trinajstić information content (AvgIpc) is 2.39. The van der Waals surface area contributed by atoms with Crippen LogP contribution in [0.5, 0.6) is 0 Å². The Morgan fingerprint density at radius 3 is 2.21 bits per heavy atom. The molecule has 0 fully saturated rings. The molecule has 0 heterocycles. The summed E-state index contributed by atoms with van der Waals surface area (Å²) >= 11 is 0. The highest BCUT2D eigenvalue weighted by molar-refractivity contribution is 5.87. The highest BCUT2D eigenvalue weighted by Crippen LogP contribution is 2.23. The van der Waals surface area contributed by atoms with Crippen molar-refractivity contribution in [2.45, 2.75) is 39.7 Å². The number of benzene rings is 1. The maximum Gasteiger partial charge on any atom is 0.187 e. The van der Waals surface area contributed by atoms with Crippen LogP contribution in [0.2, 0.25) is 0 Å². The summed E-state index contributed by atoms with van der Waals surface area (Å²) in [5.41, 5.74) is 1.59. The van der Waals surface area contributed by atoms with E-state index in [-0.39, 0.29) is 17.6 Å². The molecular formula is C16H22N2O. The fraction of sp³-hybridized carbons (Fsp3) is 0.500. The molecule has 1 atom stereocenters. The van der Waals surface area contributed by atoms with Crippen molar-refractivity contribution < 1.29 is 4.79 Å². The first-order chi connectivity index (χ1) is 8.95. The zero-order valence-corrected chi connectivity index (χ0v) is 12.1. The van der Waals surface area contributed by atoms with Gasteiger partial charge in [0, 0.05) is 18.5 Å². The van der Waals surface area contributed by atoms with Gasteiger partial charge in [-0.3, -0.25) is 4.79 Å². The summed E-state index contributed by atoms with van der Waals surface area (Å²) in [6.07, 6.45) is 0. The molecule has 0 saturated heterocycles. The summed E-state index contributed by atoms with van der Waals surface area (Å²) in [5, 5.41) is 3.33. The van der Waals surface area contributed by atoms with Crippen LogP contribution in [0.15, 0.2) is 24.3 Å². The monoisotopic (exact) mass is 258 g/mol. The molecule has 0 aliphatic carbocycles. The molecule has 0 aromatic heterocycles. The summed E-state index contributed by atoms with van der Waals surface area (Å²) in [6.45, 7) is 15.6. The molecular weight excluding hydrogens is 236 g/mol. The van der Waals surface area contributed by atoms with Crippen LogP contribution in [0.1, 0.15) is 39.2 Å². The number of ketones is 1. The minimum atomic E-state index is -0.137. The van der Waals surface area contributed by atoms with Crippen LogP contribution < -0.4 is 5.32 Å². The van der Waals surface area contributed by atoms with Gasteiger partial charge in [-0.25, -0.2) is 4.85 Å². The van der Waals surface area contributed by atoms with Gasteiger partial charge in [0.1, 0.15) is 5.78 Å². The van der Waals surface area contributed by atoms with E-state index in [9.17, 15) is 4.79 Å². The fourth-order valence-corrected chi connectivity index (χ4v) is 1.92. The van der Waals surface area contributed by atoms with E-state index in [1.54, 1.807) is 12.1 Å². The number of Topliss-reactive ketones (excluding diaryl/α,β-unsaturated/α-hetero) is 1. The third kappa shape index (κ3) is 4.50. The zero-order valence-electron chi connectivity index (χ0n) is 12.1. The summed E-state index contributed by atoms with van der Waals surface area (Å²) in [4.78, 5) is 15.7. The summed E-state index contributed by atoms with van der Waals surface area (Å²) in [5.74, 6) is 0.116. The largest absolute Gasteiger partial charge is 0.313 e. The maximum atomic E-state index is 12.3.